The van der Waals surface area contributed by atoms with E-state index in [4.69, 9.17) is 4.74 Å². The third kappa shape index (κ3) is 5.13. The van der Waals surface area contributed by atoms with Crippen LogP contribution in [0.1, 0.15) is 26.3 Å². The number of benzene rings is 1. The summed E-state index contributed by atoms with van der Waals surface area (Å²) < 4.78 is 5.21. The summed E-state index contributed by atoms with van der Waals surface area (Å²) in [6.07, 6.45) is 0.388. The fourth-order valence-electron chi connectivity index (χ4n) is 1.39. The summed E-state index contributed by atoms with van der Waals surface area (Å²) in [6.45, 7) is 5.52. The van der Waals surface area contributed by atoms with Gasteiger partial charge in [-0.3, -0.25) is 5.32 Å². The Bertz CT molecular complexity index is 385. The highest BCUT2D eigenvalue weighted by Crippen LogP contribution is 2.17. The molecule has 1 rings (SSSR count). The molecule has 0 bridgehead atoms. The van der Waals surface area contributed by atoms with E-state index in [2.05, 4.69) is 17.9 Å². The van der Waals surface area contributed by atoms with Crippen LogP contribution in [0, 0.1) is 0 Å². The molecule has 0 aliphatic carbocycles. The number of carbonyl (C=O) groups is 1. The predicted molar refractivity (Wildman–Crippen MR) is 73.9 cm³/mol. The van der Waals surface area contributed by atoms with Crippen molar-refractivity contribution >= 4 is 24.4 Å². The first-order valence-electron chi connectivity index (χ1n) is 5.61. The molecule has 0 atom stereocenters. The van der Waals surface area contributed by atoms with Crippen molar-refractivity contribution in [3.8, 4) is 0 Å². The van der Waals surface area contributed by atoms with E-state index in [0.717, 1.165) is 23.4 Å². The summed E-state index contributed by atoms with van der Waals surface area (Å²) in [5.74, 6) is 0.743. The predicted octanol–water partition coefficient (Wildman–Crippen LogP) is 3.51. The van der Waals surface area contributed by atoms with Crippen molar-refractivity contribution in [1.29, 1.82) is 0 Å². The van der Waals surface area contributed by atoms with Crippen molar-refractivity contribution < 1.29 is 9.53 Å². The molecule has 3 nitrogen and oxygen atoms in total. The highest BCUT2D eigenvalue weighted by Gasteiger charge is 2.16. The zero-order valence-electron chi connectivity index (χ0n) is 10.5. The number of para-hydroxylation sites is 1. The molecule has 0 fully saturated rings. The Balaban J connectivity index is 2.71. The molecule has 0 saturated heterocycles. The zero-order valence-corrected chi connectivity index (χ0v) is 11.4. The molecular formula is C13H19NO2S. The van der Waals surface area contributed by atoms with Gasteiger partial charge in [0.25, 0.3) is 0 Å². The number of nitrogens with one attached hydrogen (secondary N) is 1. The molecule has 0 aliphatic rings. The Labute approximate surface area is 108 Å². The van der Waals surface area contributed by atoms with E-state index < -0.39 is 11.7 Å². The molecule has 94 valence electrons. The van der Waals surface area contributed by atoms with Crippen molar-refractivity contribution in [3.63, 3.8) is 0 Å². The lowest BCUT2D eigenvalue weighted by molar-refractivity contribution is 0.0636. The molecule has 0 saturated carbocycles. The van der Waals surface area contributed by atoms with Gasteiger partial charge in [-0.25, -0.2) is 4.79 Å². The number of carbonyl (C=O) groups excluding carboxylic acids is 1. The summed E-state index contributed by atoms with van der Waals surface area (Å²) in [7, 11) is 0. The summed E-state index contributed by atoms with van der Waals surface area (Å²) in [5, 5.41) is 2.76. The van der Waals surface area contributed by atoms with Gasteiger partial charge in [0.05, 0.1) is 0 Å². The number of ether oxygens (including phenoxy) is 1. The average molecular weight is 253 g/mol. The minimum Gasteiger partial charge on any atom is -0.444 e. The first kappa shape index (κ1) is 13.9. The number of rotatable bonds is 3. The molecule has 0 radical (unpaired) electrons. The summed E-state index contributed by atoms with van der Waals surface area (Å²) in [4.78, 5) is 11.6. The minimum atomic E-state index is -0.484. The highest BCUT2D eigenvalue weighted by molar-refractivity contribution is 7.80. The maximum atomic E-state index is 11.6. The van der Waals surface area contributed by atoms with Gasteiger partial charge in [-0.05, 0) is 44.6 Å². The number of aryl methyl sites for hydroxylation is 1. The number of hydrogen-bond donors (Lipinski definition) is 2. The van der Waals surface area contributed by atoms with Gasteiger partial charge in [0.15, 0.2) is 0 Å². The number of hydrogen-bond acceptors (Lipinski definition) is 3. The quantitative estimate of drug-likeness (QED) is 0.809. The second-order valence-corrected chi connectivity index (χ2v) is 5.20. The van der Waals surface area contributed by atoms with Crippen LogP contribution in [0.4, 0.5) is 10.5 Å². The maximum absolute atomic E-state index is 11.6. The Morgan fingerprint density at radius 3 is 2.59 bits per heavy atom. The first-order chi connectivity index (χ1) is 7.92. The molecule has 1 N–H and O–H groups in total. The zero-order chi connectivity index (χ0) is 12.9. The molecule has 0 heterocycles. The highest BCUT2D eigenvalue weighted by atomic mass is 32.1. The van der Waals surface area contributed by atoms with Crippen LogP contribution in [0.3, 0.4) is 0 Å². The van der Waals surface area contributed by atoms with Crippen LogP contribution in [0.25, 0.3) is 0 Å². The molecule has 1 aromatic rings. The molecular weight excluding hydrogens is 234 g/mol. The fourth-order valence-corrected chi connectivity index (χ4v) is 1.64. The third-order valence-electron chi connectivity index (χ3n) is 2.03. The molecule has 4 heteroatoms. The Morgan fingerprint density at radius 2 is 2.00 bits per heavy atom. The smallest absolute Gasteiger partial charge is 0.412 e. The first-order valence-corrected chi connectivity index (χ1v) is 6.24. The van der Waals surface area contributed by atoms with E-state index in [1.165, 1.54) is 0 Å². The van der Waals surface area contributed by atoms with Crippen LogP contribution in [-0.4, -0.2) is 17.4 Å². The largest absolute Gasteiger partial charge is 0.444 e. The van der Waals surface area contributed by atoms with Gasteiger partial charge >= 0.3 is 6.09 Å². The van der Waals surface area contributed by atoms with Gasteiger partial charge in [-0.1, -0.05) is 18.2 Å². The van der Waals surface area contributed by atoms with Gasteiger partial charge in [0, 0.05) is 5.69 Å². The molecule has 17 heavy (non-hydrogen) atoms. The average Bonchev–Trinajstić information content (AvgIpc) is 2.18. The van der Waals surface area contributed by atoms with Crippen LogP contribution >= 0.6 is 12.6 Å². The summed E-state index contributed by atoms with van der Waals surface area (Å²) in [5.41, 5.74) is 1.37. The summed E-state index contributed by atoms with van der Waals surface area (Å²) >= 11 is 4.19. The third-order valence-corrected chi connectivity index (χ3v) is 2.26. The van der Waals surface area contributed by atoms with E-state index in [1.54, 1.807) is 0 Å². The van der Waals surface area contributed by atoms with E-state index >= 15 is 0 Å². The van der Waals surface area contributed by atoms with Crippen molar-refractivity contribution in [2.24, 2.45) is 0 Å². The fraction of sp³-hybridized carbons (Fsp3) is 0.462. The van der Waals surface area contributed by atoms with Gasteiger partial charge in [-0.15, -0.1) is 0 Å². The Kier molecular flexibility index (Phi) is 4.87. The Hall–Kier alpha value is -1.16. The Morgan fingerprint density at radius 1 is 1.35 bits per heavy atom. The SMILES string of the molecule is CC(C)(C)OC(=O)Nc1ccccc1CCS. The van der Waals surface area contributed by atoms with E-state index in [-0.39, 0.29) is 0 Å². The topological polar surface area (TPSA) is 38.3 Å². The number of anilines is 1. The molecule has 0 unspecified atom stereocenters. The number of thiol groups is 1. The van der Waals surface area contributed by atoms with Crippen molar-refractivity contribution in [2.75, 3.05) is 11.1 Å². The van der Waals surface area contributed by atoms with Crippen molar-refractivity contribution in [3.05, 3.63) is 29.8 Å². The van der Waals surface area contributed by atoms with Gasteiger partial charge in [0.1, 0.15) is 5.60 Å². The monoisotopic (exact) mass is 253 g/mol. The summed E-state index contributed by atoms with van der Waals surface area (Å²) in [6, 6.07) is 7.67. The van der Waals surface area contributed by atoms with Crippen LogP contribution in [0.5, 0.6) is 0 Å². The standard InChI is InChI=1S/C13H19NO2S/c1-13(2,3)16-12(15)14-11-7-5-4-6-10(11)8-9-17/h4-7,17H,8-9H2,1-3H3,(H,14,15). The lowest BCUT2D eigenvalue weighted by Gasteiger charge is -2.20. The van der Waals surface area contributed by atoms with E-state index in [1.807, 2.05) is 45.0 Å². The van der Waals surface area contributed by atoms with E-state index in [0.29, 0.717) is 0 Å². The van der Waals surface area contributed by atoms with Gasteiger partial charge in [-0.2, -0.15) is 12.6 Å². The molecule has 0 aliphatic heterocycles. The van der Waals surface area contributed by atoms with Crippen LogP contribution < -0.4 is 5.32 Å². The van der Waals surface area contributed by atoms with Crippen LogP contribution in [0.15, 0.2) is 24.3 Å². The number of amides is 1. The van der Waals surface area contributed by atoms with Crippen LogP contribution in [0.2, 0.25) is 0 Å². The maximum Gasteiger partial charge on any atom is 0.412 e. The molecule has 0 aromatic heterocycles. The lowest BCUT2D eigenvalue weighted by Crippen LogP contribution is -2.27. The lowest BCUT2D eigenvalue weighted by atomic mass is 10.1. The molecule has 1 amide bonds. The second-order valence-electron chi connectivity index (χ2n) is 4.76. The van der Waals surface area contributed by atoms with Gasteiger partial charge in [0.2, 0.25) is 0 Å². The molecule has 1 aromatic carbocycles. The van der Waals surface area contributed by atoms with Gasteiger partial charge < -0.3 is 4.74 Å². The van der Waals surface area contributed by atoms with E-state index in [9.17, 15) is 4.79 Å². The normalized spacial score (nSPS) is 11.1. The van der Waals surface area contributed by atoms with Crippen LogP contribution in [-0.2, 0) is 11.2 Å². The van der Waals surface area contributed by atoms with Crippen molar-refractivity contribution in [1.82, 2.24) is 0 Å². The second kappa shape index (κ2) is 5.96. The minimum absolute atomic E-state index is 0.427. The van der Waals surface area contributed by atoms with Crippen molar-refractivity contribution in [2.45, 2.75) is 32.8 Å². The molecule has 0 spiro atoms.